The second kappa shape index (κ2) is 10.9. The number of aromatic nitrogens is 2. The second-order valence-electron chi connectivity index (χ2n) is 7.66. The molecule has 13 heteroatoms. The van der Waals surface area contributed by atoms with Gasteiger partial charge in [0.2, 0.25) is 5.82 Å². The van der Waals surface area contributed by atoms with Crippen LogP contribution in [-0.4, -0.2) is 53.8 Å². The molecule has 1 aromatic heterocycles. The molecule has 2 aromatic carbocycles. The molecule has 0 bridgehead atoms. The van der Waals surface area contributed by atoms with Gasteiger partial charge in [0, 0.05) is 13.6 Å². The molecular formula is C23H23F6N5O2. The van der Waals surface area contributed by atoms with E-state index in [1.807, 2.05) is 6.92 Å². The van der Waals surface area contributed by atoms with Crippen molar-refractivity contribution in [1.82, 2.24) is 14.5 Å². The molecule has 3 rings (SSSR count). The summed E-state index contributed by atoms with van der Waals surface area (Å²) in [7, 11) is 3.00. The third-order valence-electron chi connectivity index (χ3n) is 5.02. The van der Waals surface area contributed by atoms with Gasteiger partial charge < -0.3 is 19.0 Å². The van der Waals surface area contributed by atoms with E-state index in [9.17, 15) is 26.3 Å². The first-order valence-corrected chi connectivity index (χ1v) is 10.6. The lowest BCUT2D eigenvalue weighted by Crippen LogP contribution is -2.23. The molecule has 3 aromatic rings. The van der Waals surface area contributed by atoms with Crippen LogP contribution in [0.4, 0.5) is 32.0 Å². The van der Waals surface area contributed by atoms with Crippen molar-refractivity contribution in [3.63, 3.8) is 0 Å². The van der Waals surface area contributed by atoms with Crippen LogP contribution in [0.2, 0.25) is 0 Å². The molecule has 0 atom stereocenters. The van der Waals surface area contributed by atoms with Crippen molar-refractivity contribution >= 4 is 28.8 Å². The number of rotatable bonds is 9. The maximum atomic E-state index is 13.8. The van der Waals surface area contributed by atoms with Crippen molar-refractivity contribution in [2.75, 3.05) is 27.3 Å². The number of halogens is 6. The number of oxime groups is 1. The minimum absolute atomic E-state index is 0.00798. The fourth-order valence-corrected chi connectivity index (χ4v) is 3.16. The van der Waals surface area contributed by atoms with Crippen molar-refractivity contribution < 1.29 is 35.9 Å². The summed E-state index contributed by atoms with van der Waals surface area (Å²) in [5.74, 6) is -1.30. The van der Waals surface area contributed by atoms with Crippen LogP contribution in [0.15, 0.2) is 52.6 Å². The number of nitrogens with zero attached hydrogens (tertiary/aromatic N) is 5. The number of fused-ring (bicyclic) bond motifs is 1. The molecular weight excluding hydrogens is 492 g/mol. The highest BCUT2D eigenvalue weighted by atomic mass is 19.4. The Labute approximate surface area is 202 Å². The Hall–Kier alpha value is -3.77. The second-order valence-corrected chi connectivity index (χ2v) is 7.66. The lowest BCUT2D eigenvalue weighted by atomic mass is 10.2. The number of hydrogen-bond donors (Lipinski definition) is 0. The van der Waals surface area contributed by atoms with Gasteiger partial charge in [0.1, 0.15) is 25.2 Å². The summed E-state index contributed by atoms with van der Waals surface area (Å²) in [6.07, 6.45) is -7.81. The third-order valence-corrected chi connectivity index (χ3v) is 5.02. The molecule has 0 aliphatic heterocycles. The van der Waals surface area contributed by atoms with Crippen LogP contribution in [0, 0.1) is 0 Å². The summed E-state index contributed by atoms with van der Waals surface area (Å²) < 4.78 is 86.5. The van der Waals surface area contributed by atoms with E-state index in [1.54, 1.807) is 24.4 Å². The number of aliphatic imine (C=N–C) groups is 1. The average molecular weight is 515 g/mol. The van der Waals surface area contributed by atoms with E-state index in [-0.39, 0.29) is 22.5 Å². The number of ether oxygens (including phenoxy) is 1. The molecule has 1 heterocycles. The molecule has 0 aliphatic rings. The van der Waals surface area contributed by atoms with Crippen LogP contribution in [0.25, 0.3) is 11.0 Å². The lowest BCUT2D eigenvalue weighted by molar-refractivity contribution is -0.146. The van der Waals surface area contributed by atoms with Crippen LogP contribution < -0.4 is 4.74 Å². The summed E-state index contributed by atoms with van der Waals surface area (Å²) >= 11 is 0. The minimum atomic E-state index is -4.79. The maximum Gasteiger partial charge on any atom is 0.449 e. The Balaban J connectivity index is 1.91. The lowest BCUT2D eigenvalue weighted by Gasteiger charge is -2.14. The molecule has 7 nitrogen and oxygen atoms in total. The summed E-state index contributed by atoms with van der Waals surface area (Å²) in [5, 5.41) is 3.72. The number of benzene rings is 2. The predicted molar refractivity (Wildman–Crippen MR) is 123 cm³/mol. The minimum Gasteiger partial charge on any atom is -0.487 e. The first-order valence-electron chi connectivity index (χ1n) is 10.6. The molecule has 0 aliphatic carbocycles. The van der Waals surface area contributed by atoms with E-state index >= 15 is 0 Å². The Morgan fingerprint density at radius 1 is 1.08 bits per heavy atom. The van der Waals surface area contributed by atoms with Crippen LogP contribution in [0.1, 0.15) is 18.3 Å². The zero-order chi connectivity index (χ0) is 26.5. The van der Waals surface area contributed by atoms with E-state index in [2.05, 4.69) is 15.1 Å². The quantitative estimate of drug-likeness (QED) is 0.157. The molecule has 0 N–H and O–H groups in total. The summed E-state index contributed by atoms with van der Waals surface area (Å²) in [4.78, 5) is 14.5. The third kappa shape index (κ3) is 6.67. The van der Waals surface area contributed by atoms with Crippen LogP contribution in [-0.2, 0) is 23.7 Å². The van der Waals surface area contributed by atoms with Gasteiger partial charge in [-0.05, 0) is 43.3 Å². The molecule has 0 spiro atoms. The zero-order valence-electron chi connectivity index (χ0n) is 19.6. The normalized spacial score (nSPS) is 13.0. The number of imidazole rings is 1. The van der Waals surface area contributed by atoms with Gasteiger partial charge in [0.05, 0.1) is 35.2 Å². The predicted octanol–water partition coefficient (Wildman–Crippen LogP) is 5.77. The monoisotopic (exact) mass is 515 g/mol. The van der Waals surface area contributed by atoms with Crippen molar-refractivity contribution in [3.8, 4) is 5.75 Å². The van der Waals surface area contributed by atoms with Gasteiger partial charge in [-0.2, -0.15) is 26.3 Å². The average Bonchev–Trinajstić information content (AvgIpc) is 3.19. The van der Waals surface area contributed by atoms with Gasteiger partial charge >= 0.3 is 12.4 Å². The maximum absolute atomic E-state index is 13.8. The van der Waals surface area contributed by atoms with Crippen molar-refractivity contribution in [3.05, 3.63) is 53.9 Å². The molecule has 0 unspecified atom stereocenters. The van der Waals surface area contributed by atoms with Gasteiger partial charge in [-0.25, -0.2) is 9.98 Å². The smallest absolute Gasteiger partial charge is 0.449 e. The van der Waals surface area contributed by atoms with Crippen molar-refractivity contribution in [2.45, 2.75) is 25.8 Å². The Morgan fingerprint density at radius 2 is 1.83 bits per heavy atom. The molecule has 0 radical (unpaired) electrons. The molecule has 0 amide bonds. The van der Waals surface area contributed by atoms with Crippen LogP contribution in [0.5, 0.6) is 5.75 Å². The molecule has 36 heavy (non-hydrogen) atoms. The summed E-state index contributed by atoms with van der Waals surface area (Å²) in [5.41, 5.74) is -0.292. The van der Waals surface area contributed by atoms with Crippen molar-refractivity contribution in [1.29, 1.82) is 0 Å². The van der Waals surface area contributed by atoms with Crippen LogP contribution in [0.3, 0.4) is 0 Å². The topological polar surface area (TPSA) is 64.2 Å². The molecule has 0 saturated carbocycles. The van der Waals surface area contributed by atoms with E-state index < -0.39 is 36.9 Å². The van der Waals surface area contributed by atoms with Gasteiger partial charge in [0.25, 0.3) is 0 Å². The largest absolute Gasteiger partial charge is 0.487 e. The summed E-state index contributed by atoms with van der Waals surface area (Å²) in [6.45, 7) is 1.77. The fraction of sp³-hybridized carbons (Fsp3) is 0.348. The highest BCUT2D eigenvalue weighted by Gasteiger charge is 2.38. The van der Waals surface area contributed by atoms with Crippen LogP contribution >= 0.6 is 0 Å². The van der Waals surface area contributed by atoms with E-state index in [1.165, 1.54) is 25.3 Å². The fourth-order valence-electron chi connectivity index (χ4n) is 3.16. The summed E-state index contributed by atoms with van der Waals surface area (Å²) in [6, 6.07) is 8.55. The van der Waals surface area contributed by atoms with Crippen molar-refractivity contribution in [2.24, 2.45) is 10.1 Å². The Kier molecular flexibility index (Phi) is 8.10. The van der Waals surface area contributed by atoms with E-state index in [0.29, 0.717) is 12.2 Å². The highest BCUT2D eigenvalue weighted by Crippen LogP contribution is 2.33. The first-order chi connectivity index (χ1) is 16.9. The molecule has 0 fully saturated rings. The molecule has 194 valence electrons. The SMILES string of the molecule is CCN(C)C=Nc1ccc2c(c1)nc(C(F)(F)F)n2C/C(COc1cccc(C(F)(F)F)c1)=N/OC. The Bertz CT molecular complexity index is 1250. The van der Waals surface area contributed by atoms with Gasteiger partial charge in [-0.1, -0.05) is 11.2 Å². The standard InChI is InChI=1S/C23H23F6N5O2/c1-4-33(2)14-30-16-8-9-20-19(11-16)31-21(23(27,28)29)34(20)12-17(32-35-3)13-36-18-7-5-6-15(10-18)22(24,25)26/h5-11,14H,4,12-13H2,1-3H3/b30-14?,32-17-. The van der Waals surface area contributed by atoms with E-state index in [4.69, 9.17) is 9.57 Å². The van der Waals surface area contributed by atoms with Gasteiger partial charge in [-0.15, -0.1) is 0 Å². The number of alkyl halides is 6. The van der Waals surface area contributed by atoms with Gasteiger partial charge in [-0.3, -0.25) is 0 Å². The highest BCUT2D eigenvalue weighted by molar-refractivity contribution is 5.88. The Morgan fingerprint density at radius 3 is 2.47 bits per heavy atom. The number of hydrogen-bond acceptors (Lipinski definition) is 5. The molecule has 0 saturated heterocycles. The van der Waals surface area contributed by atoms with Gasteiger partial charge in [0.15, 0.2) is 0 Å². The zero-order valence-corrected chi connectivity index (χ0v) is 19.6. The van der Waals surface area contributed by atoms with E-state index in [0.717, 1.165) is 22.8 Å². The first kappa shape index (κ1) is 26.8.